The molecular formula is C23H21FN2O6. The lowest BCUT2D eigenvalue weighted by Crippen LogP contribution is -2.31. The van der Waals surface area contributed by atoms with Crippen molar-refractivity contribution in [1.82, 2.24) is 4.90 Å². The van der Waals surface area contributed by atoms with Gasteiger partial charge < -0.3 is 14.1 Å². The molecule has 0 bridgehead atoms. The van der Waals surface area contributed by atoms with Crippen molar-refractivity contribution in [2.45, 2.75) is 32.4 Å². The van der Waals surface area contributed by atoms with E-state index in [9.17, 15) is 24.1 Å². The number of hydrogen-bond donors (Lipinski definition) is 0. The molecular weight excluding hydrogens is 419 g/mol. The molecule has 0 saturated carbocycles. The minimum Gasteiger partial charge on any atom is -0.450 e. The quantitative estimate of drug-likeness (QED) is 0.310. The summed E-state index contributed by atoms with van der Waals surface area (Å²) >= 11 is 0. The summed E-state index contributed by atoms with van der Waals surface area (Å²) < 4.78 is 25.1. The highest BCUT2D eigenvalue weighted by Crippen LogP contribution is 2.39. The minimum atomic E-state index is -0.889. The molecule has 2 heterocycles. The summed E-state index contributed by atoms with van der Waals surface area (Å²) in [5.41, 5.74) is -0.141. The Balaban J connectivity index is 1.85. The van der Waals surface area contributed by atoms with Gasteiger partial charge in [-0.2, -0.15) is 0 Å². The van der Waals surface area contributed by atoms with Crippen molar-refractivity contribution < 1.29 is 23.3 Å². The fourth-order valence-electron chi connectivity index (χ4n) is 3.93. The van der Waals surface area contributed by atoms with Gasteiger partial charge in [-0.3, -0.25) is 19.7 Å². The zero-order valence-electron chi connectivity index (χ0n) is 17.5. The zero-order chi connectivity index (χ0) is 23.0. The van der Waals surface area contributed by atoms with Gasteiger partial charge >= 0.3 is 0 Å². The number of carbonyl (C=O) groups excluding carboxylic acids is 1. The highest BCUT2D eigenvalue weighted by Gasteiger charge is 2.42. The topological polar surface area (TPSA) is 103 Å². The summed E-state index contributed by atoms with van der Waals surface area (Å²) in [7, 11) is 0. The van der Waals surface area contributed by atoms with Crippen molar-refractivity contribution >= 4 is 22.6 Å². The highest BCUT2D eigenvalue weighted by molar-refractivity contribution is 5.99. The largest absolute Gasteiger partial charge is 0.450 e. The maximum atomic E-state index is 13.8. The average Bonchev–Trinajstić information content (AvgIpc) is 3.04. The number of halogens is 1. The van der Waals surface area contributed by atoms with Crippen molar-refractivity contribution in [3.8, 4) is 0 Å². The third-order valence-corrected chi connectivity index (χ3v) is 5.32. The van der Waals surface area contributed by atoms with Crippen molar-refractivity contribution in [2.24, 2.45) is 0 Å². The van der Waals surface area contributed by atoms with Gasteiger partial charge in [-0.15, -0.1) is 0 Å². The van der Waals surface area contributed by atoms with Gasteiger partial charge in [-0.1, -0.05) is 12.1 Å². The fraction of sp³-hybridized carbons (Fsp3) is 0.304. The second kappa shape index (κ2) is 8.51. The Hall–Kier alpha value is -3.59. The average molecular weight is 440 g/mol. The van der Waals surface area contributed by atoms with Gasteiger partial charge in [0.2, 0.25) is 5.76 Å². The maximum Gasteiger partial charge on any atom is 0.290 e. The van der Waals surface area contributed by atoms with Crippen LogP contribution in [0, 0.1) is 15.9 Å². The molecule has 0 radical (unpaired) electrons. The summed E-state index contributed by atoms with van der Waals surface area (Å²) in [6.07, 6.45) is 0.517. The number of hydrogen-bond acceptors (Lipinski definition) is 6. The molecule has 0 saturated heterocycles. The fourth-order valence-corrected chi connectivity index (χ4v) is 3.93. The number of amides is 1. The van der Waals surface area contributed by atoms with Crippen molar-refractivity contribution in [3.05, 3.63) is 85.5 Å². The van der Waals surface area contributed by atoms with Crippen LogP contribution in [0.25, 0.3) is 11.0 Å². The van der Waals surface area contributed by atoms with E-state index in [4.69, 9.17) is 9.15 Å². The van der Waals surface area contributed by atoms with Crippen LogP contribution in [0.5, 0.6) is 0 Å². The van der Waals surface area contributed by atoms with E-state index in [2.05, 4.69) is 0 Å². The lowest BCUT2D eigenvalue weighted by atomic mass is 9.98. The van der Waals surface area contributed by atoms with E-state index in [0.717, 1.165) is 12.1 Å². The van der Waals surface area contributed by atoms with E-state index in [0.29, 0.717) is 18.6 Å². The van der Waals surface area contributed by atoms with Crippen LogP contribution in [0.1, 0.15) is 48.0 Å². The summed E-state index contributed by atoms with van der Waals surface area (Å²) in [4.78, 5) is 38.8. The van der Waals surface area contributed by atoms with E-state index in [1.807, 2.05) is 13.8 Å². The summed E-state index contributed by atoms with van der Waals surface area (Å²) in [6, 6.07) is 8.42. The Bertz CT molecular complexity index is 1270. The van der Waals surface area contributed by atoms with Crippen LogP contribution in [0.2, 0.25) is 0 Å². The van der Waals surface area contributed by atoms with Crippen molar-refractivity contribution in [3.63, 3.8) is 0 Å². The molecule has 0 fully saturated rings. The van der Waals surface area contributed by atoms with Crippen LogP contribution in [0.4, 0.5) is 10.1 Å². The molecule has 9 heteroatoms. The van der Waals surface area contributed by atoms with Crippen LogP contribution in [0.15, 0.2) is 51.7 Å². The van der Waals surface area contributed by atoms with Crippen molar-refractivity contribution in [2.75, 3.05) is 13.2 Å². The van der Waals surface area contributed by atoms with Crippen molar-refractivity contribution in [1.29, 1.82) is 0 Å². The molecule has 32 heavy (non-hydrogen) atoms. The number of ether oxygens (including phenoxy) is 1. The van der Waals surface area contributed by atoms with Crippen LogP contribution >= 0.6 is 0 Å². The first-order chi connectivity index (χ1) is 15.3. The van der Waals surface area contributed by atoms with Gasteiger partial charge in [0.05, 0.1) is 28.0 Å². The second-order valence-corrected chi connectivity index (χ2v) is 7.84. The predicted molar refractivity (Wildman–Crippen MR) is 114 cm³/mol. The molecule has 3 aromatic rings. The van der Waals surface area contributed by atoms with Gasteiger partial charge in [0.1, 0.15) is 11.4 Å². The van der Waals surface area contributed by atoms with E-state index < -0.39 is 28.1 Å². The molecule has 1 aliphatic heterocycles. The SMILES string of the molecule is CC(C)OCCCN1C(=O)c2oc3ccc(F)cc3c(=O)c2[C@@H]1c1cccc([N+](=O)[O-])c1. The molecule has 1 aliphatic rings. The molecule has 0 unspecified atom stereocenters. The number of carbonyl (C=O) groups is 1. The first-order valence-electron chi connectivity index (χ1n) is 10.2. The molecule has 166 valence electrons. The first kappa shape index (κ1) is 21.6. The third kappa shape index (κ3) is 3.87. The van der Waals surface area contributed by atoms with Gasteiger partial charge in [-0.25, -0.2) is 4.39 Å². The Kier molecular flexibility index (Phi) is 5.75. The molecule has 2 aromatic carbocycles. The van der Waals surface area contributed by atoms with Crippen LogP contribution < -0.4 is 5.43 Å². The number of benzene rings is 2. The van der Waals surface area contributed by atoms with Crippen LogP contribution in [-0.4, -0.2) is 35.0 Å². The third-order valence-electron chi connectivity index (χ3n) is 5.32. The lowest BCUT2D eigenvalue weighted by molar-refractivity contribution is -0.384. The summed E-state index contributed by atoms with van der Waals surface area (Å²) in [5.74, 6) is -1.23. The molecule has 4 rings (SSSR count). The molecule has 0 aliphatic carbocycles. The molecule has 8 nitrogen and oxygen atoms in total. The number of nitro groups is 1. The second-order valence-electron chi connectivity index (χ2n) is 7.84. The van der Waals surface area contributed by atoms with E-state index >= 15 is 0 Å². The van der Waals surface area contributed by atoms with Crippen LogP contribution in [-0.2, 0) is 4.74 Å². The zero-order valence-corrected chi connectivity index (χ0v) is 17.5. The first-order valence-corrected chi connectivity index (χ1v) is 10.2. The van der Waals surface area contributed by atoms with E-state index in [1.54, 1.807) is 6.07 Å². The maximum absolute atomic E-state index is 13.8. The lowest BCUT2D eigenvalue weighted by Gasteiger charge is -2.25. The minimum absolute atomic E-state index is 0.0111. The molecule has 1 amide bonds. The molecule has 0 N–H and O–H groups in total. The summed E-state index contributed by atoms with van der Waals surface area (Å²) in [5, 5.41) is 11.3. The van der Waals surface area contributed by atoms with Gasteiger partial charge in [-0.05, 0) is 44.0 Å². The Morgan fingerprint density at radius 2 is 2.00 bits per heavy atom. The van der Waals surface area contributed by atoms with Gasteiger partial charge in [0, 0.05) is 25.3 Å². The normalized spacial score (nSPS) is 15.6. The number of nitro benzene ring substituents is 1. The Labute approximate surface area is 182 Å². The van der Waals surface area contributed by atoms with Gasteiger partial charge in [0.15, 0.2) is 5.43 Å². The Morgan fingerprint density at radius 1 is 1.22 bits per heavy atom. The Morgan fingerprint density at radius 3 is 2.72 bits per heavy atom. The van der Waals surface area contributed by atoms with E-state index in [-0.39, 0.29) is 40.6 Å². The number of nitrogens with zero attached hydrogens (tertiary/aromatic N) is 2. The number of non-ortho nitro benzene ring substituents is 1. The highest BCUT2D eigenvalue weighted by atomic mass is 19.1. The molecule has 1 atom stereocenters. The molecule has 1 aromatic heterocycles. The smallest absolute Gasteiger partial charge is 0.290 e. The van der Waals surface area contributed by atoms with E-state index in [1.165, 1.54) is 29.2 Å². The number of fused-ring (bicyclic) bond motifs is 2. The predicted octanol–water partition coefficient (Wildman–Crippen LogP) is 4.20. The standard InChI is InChI=1S/C23H21FN2O6/c1-13(2)31-10-4-9-25-20(14-5-3-6-16(11-14)26(29)30)19-21(27)17-12-15(24)7-8-18(17)32-22(19)23(25)28/h3,5-8,11-13,20H,4,9-10H2,1-2H3/t20-/m0/s1. The van der Waals surface area contributed by atoms with Crippen LogP contribution in [0.3, 0.4) is 0 Å². The number of rotatable bonds is 7. The monoisotopic (exact) mass is 440 g/mol. The summed E-state index contributed by atoms with van der Waals surface area (Å²) in [6.45, 7) is 4.44. The van der Waals surface area contributed by atoms with Gasteiger partial charge in [0.25, 0.3) is 11.6 Å². The molecule has 0 spiro atoms.